The first-order valence-corrected chi connectivity index (χ1v) is 14.2. The lowest BCUT2D eigenvalue weighted by molar-refractivity contribution is -0.126. The monoisotopic (exact) mass is 489 g/mol. The van der Waals surface area contributed by atoms with E-state index in [1.165, 1.54) is 36.4 Å². The van der Waals surface area contributed by atoms with Crippen molar-refractivity contribution in [3.8, 4) is 0 Å². The van der Waals surface area contributed by atoms with Crippen LogP contribution in [0.5, 0.6) is 0 Å². The van der Waals surface area contributed by atoms with Crippen molar-refractivity contribution in [1.82, 2.24) is 14.5 Å². The molecule has 0 radical (unpaired) electrons. The number of hydrogen-bond acceptors (Lipinski definition) is 5. The van der Waals surface area contributed by atoms with E-state index in [0.717, 1.165) is 24.3 Å². The lowest BCUT2D eigenvalue weighted by Gasteiger charge is -2.33. The lowest BCUT2D eigenvalue weighted by Crippen LogP contribution is -2.43. The summed E-state index contributed by atoms with van der Waals surface area (Å²) in [6.07, 6.45) is 9.02. The van der Waals surface area contributed by atoms with Gasteiger partial charge in [-0.3, -0.25) is 4.79 Å². The van der Waals surface area contributed by atoms with Crippen molar-refractivity contribution in [3.63, 3.8) is 0 Å². The maximum Gasteiger partial charge on any atom is 0.252 e. The molecule has 176 valence electrons. The molecule has 6 nitrogen and oxygen atoms in total. The summed E-state index contributed by atoms with van der Waals surface area (Å²) in [5.74, 6) is 0.201. The van der Waals surface area contributed by atoms with Crippen LogP contribution in [-0.2, 0) is 14.8 Å². The molecule has 1 N–H and O–H groups in total. The van der Waals surface area contributed by atoms with Crippen molar-refractivity contribution in [2.45, 2.75) is 68.5 Å². The molecule has 1 saturated carbocycles. The molecule has 0 bridgehead atoms. The van der Waals surface area contributed by atoms with Crippen LogP contribution in [0.3, 0.4) is 0 Å². The molecule has 1 aromatic heterocycles. The second-order valence-electron chi connectivity index (χ2n) is 9.01. The molecule has 0 spiro atoms. The standard InChI is InChI=1S/C22H36ClN3O3S2/c1-17(22(27)24-13-6-14-25(2)19-7-4-3-5-8-19)18-11-15-26(16-12-18)31(28,29)21-10-9-20(23)30-21/h9-10,17-19H,3-8,11-16H2,1-2H3,(H,24,27)/t17-/m0/s1. The number of hydrogen-bond donors (Lipinski definition) is 1. The van der Waals surface area contributed by atoms with E-state index in [-0.39, 0.29) is 17.7 Å². The number of sulfonamides is 1. The molecule has 3 rings (SSSR count). The molecule has 1 aliphatic carbocycles. The van der Waals surface area contributed by atoms with Crippen LogP contribution in [0.2, 0.25) is 4.34 Å². The number of nitrogens with one attached hydrogen (secondary N) is 1. The van der Waals surface area contributed by atoms with E-state index in [4.69, 9.17) is 11.6 Å². The van der Waals surface area contributed by atoms with Gasteiger partial charge in [0, 0.05) is 31.6 Å². The number of nitrogens with zero attached hydrogens (tertiary/aromatic N) is 2. The van der Waals surface area contributed by atoms with E-state index in [0.29, 0.717) is 47.1 Å². The summed E-state index contributed by atoms with van der Waals surface area (Å²) in [5, 5.41) is 3.10. The zero-order chi connectivity index (χ0) is 22.4. The summed E-state index contributed by atoms with van der Waals surface area (Å²) >= 11 is 6.99. The topological polar surface area (TPSA) is 69.7 Å². The number of carbonyl (C=O) groups excluding carboxylic acids is 1. The molecule has 2 fully saturated rings. The zero-order valence-corrected chi connectivity index (χ0v) is 21.1. The third kappa shape index (κ3) is 6.67. The zero-order valence-electron chi connectivity index (χ0n) is 18.7. The Hall–Kier alpha value is -0.670. The van der Waals surface area contributed by atoms with Crippen molar-refractivity contribution in [1.29, 1.82) is 0 Å². The summed E-state index contributed by atoms with van der Waals surface area (Å²) in [4.78, 5) is 15.1. The maximum absolute atomic E-state index is 12.7. The Morgan fingerprint density at radius 1 is 1.23 bits per heavy atom. The Kier molecular flexibility index (Phi) is 9.22. The Labute approximate surface area is 196 Å². The van der Waals surface area contributed by atoms with Crippen LogP contribution in [0.4, 0.5) is 0 Å². The first-order chi connectivity index (χ1) is 14.8. The normalized spacial score (nSPS) is 20.8. The molecule has 1 aliphatic heterocycles. The van der Waals surface area contributed by atoms with Crippen molar-refractivity contribution >= 4 is 38.9 Å². The van der Waals surface area contributed by atoms with Crippen molar-refractivity contribution < 1.29 is 13.2 Å². The minimum Gasteiger partial charge on any atom is -0.356 e. The van der Waals surface area contributed by atoms with Gasteiger partial charge in [-0.2, -0.15) is 4.31 Å². The van der Waals surface area contributed by atoms with Gasteiger partial charge in [0.2, 0.25) is 5.91 Å². The molecule has 1 aromatic rings. The fraction of sp³-hybridized carbons (Fsp3) is 0.773. The SMILES string of the molecule is C[C@H](C(=O)NCCCN(C)C1CCCCC1)C1CCN(S(=O)(=O)c2ccc(Cl)s2)CC1. The van der Waals surface area contributed by atoms with Crippen LogP contribution in [0, 0.1) is 11.8 Å². The number of halogens is 1. The number of carbonyl (C=O) groups is 1. The van der Waals surface area contributed by atoms with E-state index in [1.807, 2.05) is 6.92 Å². The highest BCUT2D eigenvalue weighted by molar-refractivity contribution is 7.91. The smallest absolute Gasteiger partial charge is 0.252 e. The molecule has 2 aliphatic rings. The van der Waals surface area contributed by atoms with Gasteiger partial charge in [-0.15, -0.1) is 11.3 Å². The van der Waals surface area contributed by atoms with Gasteiger partial charge in [-0.25, -0.2) is 8.42 Å². The van der Waals surface area contributed by atoms with E-state index >= 15 is 0 Å². The fourth-order valence-electron chi connectivity index (χ4n) is 4.80. The number of thiophene rings is 1. The third-order valence-electron chi connectivity index (χ3n) is 6.95. The van der Waals surface area contributed by atoms with Gasteiger partial charge < -0.3 is 10.2 Å². The molecule has 1 saturated heterocycles. The maximum atomic E-state index is 12.7. The van der Waals surface area contributed by atoms with Crippen molar-refractivity contribution in [2.24, 2.45) is 11.8 Å². The average molecular weight is 490 g/mol. The van der Waals surface area contributed by atoms with Crippen molar-refractivity contribution in [3.05, 3.63) is 16.5 Å². The van der Waals surface area contributed by atoms with Crippen LogP contribution < -0.4 is 5.32 Å². The predicted molar refractivity (Wildman–Crippen MR) is 127 cm³/mol. The van der Waals surface area contributed by atoms with Crippen LogP contribution in [0.25, 0.3) is 0 Å². The summed E-state index contributed by atoms with van der Waals surface area (Å²) in [6, 6.07) is 3.89. The largest absolute Gasteiger partial charge is 0.356 e. The van der Waals surface area contributed by atoms with E-state index in [9.17, 15) is 13.2 Å². The molecular weight excluding hydrogens is 454 g/mol. The van der Waals surface area contributed by atoms with Gasteiger partial charge in [0.05, 0.1) is 4.34 Å². The molecular formula is C22H36ClN3O3S2. The van der Waals surface area contributed by atoms with Gasteiger partial charge in [0.15, 0.2) is 0 Å². The van der Waals surface area contributed by atoms with E-state index < -0.39 is 10.0 Å². The molecule has 9 heteroatoms. The highest BCUT2D eigenvalue weighted by Crippen LogP contribution is 2.32. The van der Waals surface area contributed by atoms with Gasteiger partial charge in [0.1, 0.15) is 4.21 Å². The van der Waals surface area contributed by atoms with Gasteiger partial charge >= 0.3 is 0 Å². The van der Waals surface area contributed by atoms with Crippen LogP contribution >= 0.6 is 22.9 Å². The highest BCUT2D eigenvalue weighted by atomic mass is 35.5. The Bertz CT molecular complexity index is 816. The summed E-state index contributed by atoms with van der Waals surface area (Å²) in [5.41, 5.74) is 0. The van der Waals surface area contributed by atoms with Crippen LogP contribution in [0.1, 0.15) is 58.3 Å². The quantitative estimate of drug-likeness (QED) is 0.527. The average Bonchev–Trinajstić information content (AvgIpc) is 3.23. The Morgan fingerprint density at radius 3 is 2.52 bits per heavy atom. The molecule has 1 atom stereocenters. The van der Waals surface area contributed by atoms with Gasteiger partial charge in [-0.1, -0.05) is 37.8 Å². The van der Waals surface area contributed by atoms with Gasteiger partial charge in [0.25, 0.3) is 10.0 Å². The highest BCUT2D eigenvalue weighted by Gasteiger charge is 2.34. The summed E-state index contributed by atoms with van der Waals surface area (Å²) in [6.45, 7) is 4.59. The van der Waals surface area contributed by atoms with Gasteiger partial charge in [-0.05, 0) is 63.7 Å². The van der Waals surface area contributed by atoms with Crippen molar-refractivity contribution in [2.75, 3.05) is 33.2 Å². The Balaban J connectivity index is 1.37. The van der Waals surface area contributed by atoms with Crippen LogP contribution in [0.15, 0.2) is 16.3 Å². The predicted octanol–water partition coefficient (Wildman–Crippen LogP) is 4.21. The second-order valence-corrected chi connectivity index (χ2v) is 12.9. The minimum absolute atomic E-state index is 0.0895. The van der Waals surface area contributed by atoms with E-state index in [2.05, 4.69) is 17.3 Å². The van der Waals surface area contributed by atoms with E-state index in [1.54, 1.807) is 12.1 Å². The fourth-order valence-corrected chi connectivity index (χ4v) is 7.91. The first kappa shape index (κ1) is 25.0. The minimum atomic E-state index is -3.48. The summed E-state index contributed by atoms with van der Waals surface area (Å²) < 4.78 is 27.8. The number of amides is 1. The molecule has 0 aromatic carbocycles. The summed E-state index contributed by atoms with van der Waals surface area (Å²) in [7, 11) is -1.28. The lowest BCUT2D eigenvalue weighted by atomic mass is 9.85. The Morgan fingerprint density at radius 2 is 1.90 bits per heavy atom. The third-order valence-corrected chi connectivity index (χ3v) is 10.5. The molecule has 31 heavy (non-hydrogen) atoms. The molecule has 2 heterocycles. The number of piperidine rings is 1. The number of rotatable bonds is 9. The van der Waals surface area contributed by atoms with Crippen LogP contribution in [-0.4, -0.2) is 62.8 Å². The molecule has 1 amide bonds. The molecule has 0 unspecified atom stereocenters. The first-order valence-electron chi connectivity index (χ1n) is 11.5. The second kappa shape index (κ2) is 11.5.